The van der Waals surface area contributed by atoms with Crippen molar-refractivity contribution in [3.63, 3.8) is 0 Å². The van der Waals surface area contributed by atoms with Gasteiger partial charge in [0.15, 0.2) is 0 Å². The molecule has 6 heteroatoms. The minimum atomic E-state index is -0.788. The van der Waals surface area contributed by atoms with Crippen molar-refractivity contribution in [1.29, 1.82) is 0 Å². The molecular weight excluding hydrogens is 268 g/mol. The fraction of sp³-hybridized carbons (Fsp3) is 0.400. The lowest BCUT2D eigenvalue weighted by atomic mass is 10.1. The van der Waals surface area contributed by atoms with Crippen LogP contribution in [-0.4, -0.2) is 32.4 Å². The summed E-state index contributed by atoms with van der Waals surface area (Å²) in [6, 6.07) is 4.03. The molecule has 6 nitrogen and oxygen atoms in total. The summed E-state index contributed by atoms with van der Waals surface area (Å²) in [5.41, 5.74) is 3.11. The zero-order valence-corrected chi connectivity index (χ0v) is 12.2. The molecule has 0 fully saturated rings. The van der Waals surface area contributed by atoms with Crippen LogP contribution in [0.4, 0.5) is 11.6 Å². The molecule has 3 rings (SSSR count). The van der Waals surface area contributed by atoms with E-state index in [0.717, 1.165) is 35.9 Å². The van der Waals surface area contributed by atoms with E-state index in [0.29, 0.717) is 6.42 Å². The molecule has 0 bridgehead atoms. The lowest BCUT2D eigenvalue weighted by Gasteiger charge is -2.20. The highest BCUT2D eigenvalue weighted by Gasteiger charge is 2.27. The average molecular weight is 286 g/mol. The van der Waals surface area contributed by atoms with Gasteiger partial charge in [0.2, 0.25) is 0 Å². The van der Waals surface area contributed by atoms with Crippen LogP contribution in [0.15, 0.2) is 18.3 Å². The molecule has 0 aromatic carbocycles. The van der Waals surface area contributed by atoms with Crippen LogP contribution in [0.1, 0.15) is 23.2 Å². The molecule has 0 radical (unpaired) electrons. The van der Waals surface area contributed by atoms with Crippen molar-refractivity contribution in [3.8, 4) is 0 Å². The highest BCUT2D eigenvalue weighted by atomic mass is 16.4. The molecule has 0 unspecified atom stereocenters. The van der Waals surface area contributed by atoms with Gasteiger partial charge in [0.25, 0.3) is 0 Å². The van der Waals surface area contributed by atoms with E-state index >= 15 is 0 Å². The molecule has 1 aliphatic heterocycles. The Kier molecular flexibility index (Phi) is 3.37. The van der Waals surface area contributed by atoms with Crippen LogP contribution in [0.2, 0.25) is 0 Å². The number of aliphatic carboxylic acids is 1. The number of hydrogen-bond acceptors (Lipinski definition) is 4. The van der Waals surface area contributed by atoms with Crippen molar-refractivity contribution < 1.29 is 9.90 Å². The van der Waals surface area contributed by atoms with E-state index in [1.54, 1.807) is 6.20 Å². The second-order valence-corrected chi connectivity index (χ2v) is 5.29. The third-order valence-electron chi connectivity index (χ3n) is 3.89. The third kappa shape index (κ3) is 2.37. The van der Waals surface area contributed by atoms with Gasteiger partial charge in [-0.1, -0.05) is 6.07 Å². The van der Waals surface area contributed by atoms with Crippen LogP contribution in [0, 0.1) is 6.92 Å². The Balaban J connectivity index is 2.01. The molecular formula is C15H18N4O2. The fourth-order valence-corrected chi connectivity index (χ4v) is 2.96. The number of hydrogen-bond donors (Lipinski definition) is 1. The van der Waals surface area contributed by atoms with Crippen molar-refractivity contribution in [2.45, 2.75) is 26.2 Å². The van der Waals surface area contributed by atoms with Gasteiger partial charge in [-0.2, -0.15) is 5.10 Å². The van der Waals surface area contributed by atoms with Crippen LogP contribution in [0.25, 0.3) is 0 Å². The third-order valence-corrected chi connectivity index (χ3v) is 3.89. The highest BCUT2D eigenvalue weighted by Crippen LogP contribution is 2.35. The van der Waals surface area contributed by atoms with E-state index in [-0.39, 0.29) is 6.42 Å². The van der Waals surface area contributed by atoms with E-state index in [4.69, 9.17) is 5.11 Å². The maximum Gasteiger partial charge on any atom is 0.303 e. The SMILES string of the molecule is Cc1nn(C)c(N2CCc3cccnc32)c1CCC(=O)O. The summed E-state index contributed by atoms with van der Waals surface area (Å²) in [6.45, 7) is 2.78. The molecule has 0 saturated carbocycles. The van der Waals surface area contributed by atoms with E-state index in [2.05, 4.69) is 21.0 Å². The summed E-state index contributed by atoms with van der Waals surface area (Å²) in [5.74, 6) is 1.13. The Labute approximate surface area is 123 Å². The van der Waals surface area contributed by atoms with Gasteiger partial charge in [0.05, 0.1) is 5.69 Å². The molecule has 1 aliphatic rings. The summed E-state index contributed by atoms with van der Waals surface area (Å²) in [7, 11) is 1.90. The molecule has 0 atom stereocenters. The van der Waals surface area contributed by atoms with Crippen LogP contribution in [0.3, 0.4) is 0 Å². The van der Waals surface area contributed by atoms with Crippen molar-refractivity contribution in [1.82, 2.24) is 14.8 Å². The first-order valence-electron chi connectivity index (χ1n) is 7.03. The Morgan fingerprint density at radius 3 is 3.05 bits per heavy atom. The Bertz CT molecular complexity index is 693. The minimum absolute atomic E-state index is 0.114. The Morgan fingerprint density at radius 2 is 2.29 bits per heavy atom. The first kappa shape index (κ1) is 13.6. The number of carboxylic acids is 1. The smallest absolute Gasteiger partial charge is 0.303 e. The summed E-state index contributed by atoms with van der Waals surface area (Å²) in [5, 5.41) is 13.4. The molecule has 1 N–H and O–H groups in total. The quantitative estimate of drug-likeness (QED) is 0.928. The van der Waals surface area contributed by atoms with Gasteiger partial charge >= 0.3 is 5.97 Å². The molecule has 110 valence electrons. The topological polar surface area (TPSA) is 71.2 Å². The first-order chi connectivity index (χ1) is 10.1. The summed E-state index contributed by atoms with van der Waals surface area (Å²) in [6.07, 6.45) is 3.34. The zero-order chi connectivity index (χ0) is 15.0. The second kappa shape index (κ2) is 5.20. The van der Waals surface area contributed by atoms with E-state index in [1.807, 2.05) is 24.7 Å². The van der Waals surface area contributed by atoms with Gasteiger partial charge in [0, 0.05) is 31.8 Å². The maximum atomic E-state index is 10.9. The van der Waals surface area contributed by atoms with E-state index in [1.165, 1.54) is 5.56 Å². The van der Waals surface area contributed by atoms with Crippen molar-refractivity contribution in [3.05, 3.63) is 35.2 Å². The monoisotopic (exact) mass is 286 g/mol. The van der Waals surface area contributed by atoms with E-state index < -0.39 is 5.97 Å². The second-order valence-electron chi connectivity index (χ2n) is 5.29. The van der Waals surface area contributed by atoms with Gasteiger partial charge in [-0.3, -0.25) is 9.48 Å². The largest absolute Gasteiger partial charge is 0.481 e. The van der Waals surface area contributed by atoms with Gasteiger partial charge in [-0.05, 0) is 31.4 Å². The summed E-state index contributed by atoms with van der Waals surface area (Å²) in [4.78, 5) is 17.5. The normalized spacial score (nSPS) is 13.5. The predicted octanol–water partition coefficient (Wildman–Crippen LogP) is 1.83. The molecule has 0 aliphatic carbocycles. The molecule has 0 amide bonds. The van der Waals surface area contributed by atoms with Gasteiger partial charge in [0.1, 0.15) is 11.6 Å². The highest BCUT2D eigenvalue weighted by molar-refractivity contribution is 5.70. The van der Waals surface area contributed by atoms with Gasteiger partial charge in [-0.15, -0.1) is 0 Å². The minimum Gasteiger partial charge on any atom is -0.481 e. The van der Waals surface area contributed by atoms with Crippen LogP contribution >= 0.6 is 0 Å². The number of anilines is 2. The Morgan fingerprint density at radius 1 is 1.48 bits per heavy atom. The lowest BCUT2D eigenvalue weighted by molar-refractivity contribution is -0.136. The molecule has 2 aromatic heterocycles. The number of carboxylic acid groups (broad SMARTS) is 1. The standard InChI is InChI=1S/C15H18N4O2/c1-10-12(5-6-13(20)21)15(18(2)17-10)19-9-7-11-4-3-8-16-14(11)19/h3-4,8H,5-7,9H2,1-2H3,(H,20,21). The fourth-order valence-electron chi connectivity index (χ4n) is 2.96. The number of aryl methyl sites for hydroxylation is 2. The molecule has 2 aromatic rings. The molecule has 0 saturated heterocycles. The maximum absolute atomic E-state index is 10.9. The number of fused-ring (bicyclic) bond motifs is 1. The number of rotatable bonds is 4. The molecule has 0 spiro atoms. The summed E-state index contributed by atoms with van der Waals surface area (Å²) >= 11 is 0. The number of pyridine rings is 1. The number of nitrogens with zero attached hydrogens (tertiary/aromatic N) is 4. The number of aromatic nitrogens is 3. The van der Waals surface area contributed by atoms with Gasteiger partial charge < -0.3 is 10.0 Å². The van der Waals surface area contributed by atoms with Crippen LogP contribution < -0.4 is 4.90 Å². The van der Waals surface area contributed by atoms with Crippen molar-refractivity contribution in [2.24, 2.45) is 7.05 Å². The number of carbonyl (C=O) groups is 1. The van der Waals surface area contributed by atoms with Gasteiger partial charge in [-0.25, -0.2) is 4.98 Å². The average Bonchev–Trinajstić information content (AvgIpc) is 2.97. The van der Waals surface area contributed by atoms with Crippen LogP contribution in [-0.2, 0) is 24.7 Å². The molecule has 21 heavy (non-hydrogen) atoms. The lowest BCUT2D eigenvalue weighted by Crippen LogP contribution is -2.19. The van der Waals surface area contributed by atoms with E-state index in [9.17, 15) is 4.79 Å². The van der Waals surface area contributed by atoms with Crippen molar-refractivity contribution >= 4 is 17.6 Å². The first-order valence-corrected chi connectivity index (χ1v) is 7.03. The Hall–Kier alpha value is -2.37. The molecule has 3 heterocycles. The summed E-state index contributed by atoms with van der Waals surface area (Å²) < 4.78 is 1.83. The van der Waals surface area contributed by atoms with Crippen LogP contribution in [0.5, 0.6) is 0 Å². The predicted molar refractivity (Wildman–Crippen MR) is 78.8 cm³/mol. The van der Waals surface area contributed by atoms with Crippen molar-refractivity contribution in [2.75, 3.05) is 11.4 Å². The zero-order valence-electron chi connectivity index (χ0n) is 12.2.